The van der Waals surface area contributed by atoms with Crippen LogP contribution in [-0.4, -0.2) is 0 Å². The lowest BCUT2D eigenvalue weighted by Crippen LogP contribution is -1.93. The van der Waals surface area contributed by atoms with E-state index in [0.717, 1.165) is 6.42 Å². The molecule has 0 saturated carbocycles. The van der Waals surface area contributed by atoms with Gasteiger partial charge in [0, 0.05) is 0 Å². The molecule has 0 spiro atoms. The summed E-state index contributed by atoms with van der Waals surface area (Å²) < 4.78 is 0. The quantitative estimate of drug-likeness (QED) is 0.236. The van der Waals surface area contributed by atoms with E-state index in [-0.39, 0.29) is 0 Å². The molecular weight excluding hydrogens is 360 g/mol. The molecule has 0 saturated heterocycles. The van der Waals surface area contributed by atoms with Gasteiger partial charge in [-0.15, -0.1) is 0 Å². The SMILES string of the molecule is C=CC(=CC)c1c2ccccc2c(-c2ccc(C(=CC)CC)cc2)c2ccccc12. The highest BCUT2D eigenvalue weighted by Gasteiger charge is 2.16. The molecule has 0 aliphatic carbocycles. The Balaban J connectivity index is 2.08. The van der Waals surface area contributed by atoms with Crippen LogP contribution in [0, 0.1) is 0 Å². The molecule has 0 radical (unpaired) electrons. The van der Waals surface area contributed by atoms with Gasteiger partial charge in [-0.25, -0.2) is 0 Å². The average Bonchev–Trinajstić information content (AvgIpc) is 2.81. The Kier molecular flexibility index (Phi) is 5.68. The molecule has 0 heteroatoms. The van der Waals surface area contributed by atoms with Crippen LogP contribution in [-0.2, 0) is 0 Å². The summed E-state index contributed by atoms with van der Waals surface area (Å²) in [6.07, 6.45) is 7.37. The van der Waals surface area contributed by atoms with Crippen molar-refractivity contribution in [1.82, 2.24) is 0 Å². The van der Waals surface area contributed by atoms with Crippen LogP contribution in [0.1, 0.15) is 38.3 Å². The second-order valence-electron chi connectivity index (χ2n) is 7.53. The summed E-state index contributed by atoms with van der Waals surface area (Å²) in [6, 6.07) is 26.5. The third-order valence-corrected chi connectivity index (χ3v) is 6.02. The molecule has 0 aliphatic rings. The zero-order valence-electron chi connectivity index (χ0n) is 18.1. The number of hydrogen-bond acceptors (Lipinski definition) is 0. The van der Waals surface area contributed by atoms with Crippen molar-refractivity contribution in [1.29, 1.82) is 0 Å². The Morgan fingerprint density at radius 1 is 0.733 bits per heavy atom. The Labute approximate surface area is 179 Å². The molecule has 0 aromatic heterocycles. The minimum atomic E-state index is 1.05. The summed E-state index contributed by atoms with van der Waals surface area (Å²) in [5.74, 6) is 0. The van der Waals surface area contributed by atoms with Gasteiger partial charge in [-0.2, -0.15) is 0 Å². The standard InChI is InChI=1S/C30H28/c1-5-21(6-2)23-17-19-24(20-18-23)30-27-15-11-9-13-25(27)29(22(7-3)8-4)26-14-10-12-16-28(26)30/h5,7-20H,3,6H2,1-2,4H3. The molecule has 0 N–H and O–H groups in total. The lowest BCUT2D eigenvalue weighted by Gasteiger charge is -2.18. The maximum Gasteiger partial charge on any atom is -0.00264 e. The van der Waals surface area contributed by atoms with Crippen molar-refractivity contribution in [3.8, 4) is 11.1 Å². The molecule has 4 aromatic carbocycles. The molecule has 0 unspecified atom stereocenters. The summed E-state index contributed by atoms with van der Waals surface area (Å²) >= 11 is 0. The van der Waals surface area contributed by atoms with Crippen molar-refractivity contribution in [2.75, 3.05) is 0 Å². The highest BCUT2D eigenvalue weighted by atomic mass is 14.2. The van der Waals surface area contributed by atoms with E-state index in [0.29, 0.717) is 0 Å². The van der Waals surface area contributed by atoms with Crippen molar-refractivity contribution in [3.05, 3.63) is 109 Å². The van der Waals surface area contributed by atoms with Gasteiger partial charge in [-0.3, -0.25) is 0 Å². The summed E-state index contributed by atoms with van der Waals surface area (Å²) in [4.78, 5) is 0. The summed E-state index contributed by atoms with van der Waals surface area (Å²) in [6.45, 7) is 10.5. The maximum atomic E-state index is 4.07. The number of rotatable bonds is 5. The van der Waals surface area contributed by atoms with E-state index in [1.165, 1.54) is 54.9 Å². The molecule has 0 amide bonds. The van der Waals surface area contributed by atoms with Crippen molar-refractivity contribution in [3.63, 3.8) is 0 Å². The smallest absolute Gasteiger partial charge is 0.00264 e. The first-order valence-electron chi connectivity index (χ1n) is 10.7. The van der Waals surface area contributed by atoms with Gasteiger partial charge in [0.15, 0.2) is 0 Å². The molecule has 4 rings (SSSR count). The van der Waals surface area contributed by atoms with E-state index in [1.54, 1.807) is 0 Å². The predicted octanol–water partition coefficient (Wildman–Crippen LogP) is 9.06. The van der Waals surface area contributed by atoms with Gasteiger partial charge < -0.3 is 0 Å². The van der Waals surface area contributed by atoms with Gasteiger partial charge in [0.2, 0.25) is 0 Å². The van der Waals surface area contributed by atoms with Gasteiger partial charge in [0.25, 0.3) is 0 Å². The van der Waals surface area contributed by atoms with E-state index < -0.39 is 0 Å². The van der Waals surface area contributed by atoms with Crippen molar-refractivity contribution in [2.24, 2.45) is 0 Å². The molecule has 4 aromatic rings. The molecule has 0 fully saturated rings. The normalized spacial score (nSPS) is 12.5. The fourth-order valence-corrected chi connectivity index (χ4v) is 4.54. The molecular formula is C30H28. The van der Waals surface area contributed by atoms with Crippen LogP contribution < -0.4 is 0 Å². The highest BCUT2D eigenvalue weighted by Crippen LogP contribution is 2.42. The first kappa shape index (κ1) is 19.9. The highest BCUT2D eigenvalue weighted by molar-refractivity contribution is 6.19. The van der Waals surface area contributed by atoms with E-state index in [4.69, 9.17) is 0 Å². The van der Waals surface area contributed by atoms with Gasteiger partial charge in [0.1, 0.15) is 0 Å². The molecule has 0 aliphatic heterocycles. The third kappa shape index (κ3) is 3.29. The Bertz CT molecular complexity index is 1220. The number of benzene rings is 4. The van der Waals surface area contributed by atoms with E-state index in [1.807, 2.05) is 6.08 Å². The molecule has 0 nitrogen and oxygen atoms in total. The molecule has 0 bridgehead atoms. The minimum absolute atomic E-state index is 1.05. The molecule has 0 heterocycles. The van der Waals surface area contributed by atoms with Gasteiger partial charge in [0.05, 0.1) is 0 Å². The fraction of sp³-hybridized carbons (Fsp3) is 0.133. The Morgan fingerprint density at radius 3 is 1.70 bits per heavy atom. The number of fused-ring (bicyclic) bond motifs is 2. The maximum absolute atomic E-state index is 4.07. The molecule has 0 atom stereocenters. The first-order valence-corrected chi connectivity index (χ1v) is 10.7. The second kappa shape index (κ2) is 8.55. The summed E-state index contributed by atoms with van der Waals surface area (Å²) in [5, 5.41) is 5.10. The minimum Gasteiger partial charge on any atom is -0.0985 e. The second-order valence-corrected chi connectivity index (χ2v) is 7.53. The van der Waals surface area contributed by atoms with Gasteiger partial charge in [-0.1, -0.05) is 105 Å². The Morgan fingerprint density at radius 2 is 1.27 bits per heavy atom. The van der Waals surface area contributed by atoms with Crippen LogP contribution in [0.2, 0.25) is 0 Å². The third-order valence-electron chi connectivity index (χ3n) is 6.02. The number of hydrogen-bond donors (Lipinski definition) is 0. The van der Waals surface area contributed by atoms with Crippen LogP contribution in [0.3, 0.4) is 0 Å². The zero-order chi connectivity index (χ0) is 21.1. The van der Waals surface area contributed by atoms with E-state index in [9.17, 15) is 0 Å². The zero-order valence-corrected chi connectivity index (χ0v) is 18.1. The van der Waals surface area contributed by atoms with Crippen molar-refractivity contribution >= 4 is 32.7 Å². The van der Waals surface area contributed by atoms with Gasteiger partial charge in [-0.05, 0) is 75.2 Å². The average molecular weight is 389 g/mol. The van der Waals surface area contributed by atoms with E-state index in [2.05, 4.69) is 112 Å². The fourth-order valence-electron chi connectivity index (χ4n) is 4.54. The molecule has 148 valence electrons. The van der Waals surface area contributed by atoms with Crippen molar-refractivity contribution < 1.29 is 0 Å². The summed E-state index contributed by atoms with van der Waals surface area (Å²) in [7, 11) is 0. The van der Waals surface area contributed by atoms with E-state index >= 15 is 0 Å². The van der Waals surface area contributed by atoms with Crippen LogP contribution in [0.25, 0.3) is 43.8 Å². The van der Waals surface area contributed by atoms with Crippen LogP contribution >= 0.6 is 0 Å². The van der Waals surface area contributed by atoms with Crippen molar-refractivity contribution in [2.45, 2.75) is 27.2 Å². The van der Waals surface area contributed by atoms with Gasteiger partial charge >= 0.3 is 0 Å². The lowest BCUT2D eigenvalue weighted by atomic mass is 9.85. The predicted molar refractivity (Wildman–Crippen MR) is 135 cm³/mol. The van der Waals surface area contributed by atoms with Crippen LogP contribution in [0.15, 0.2) is 97.6 Å². The molecule has 30 heavy (non-hydrogen) atoms. The monoisotopic (exact) mass is 388 g/mol. The Hall–Kier alpha value is -3.38. The largest absolute Gasteiger partial charge is 0.0985 e. The van der Waals surface area contributed by atoms with Crippen LogP contribution in [0.4, 0.5) is 0 Å². The lowest BCUT2D eigenvalue weighted by molar-refractivity contribution is 1.23. The van der Waals surface area contributed by atoms with Crippen LogP contribution in [0.5, 0.6) is 0 Å². The topological polar surface area (TPSA) is 0 Å². The first-order chi connectivity index (χ1) is 14.7. The number of allylic oxidation sites excluding steroid dienone is 5. The summed E-state index contributed by atoms with van der Waals surface area (Å²) in [5.41, 5.74) is 7.68.